The number of fused-ring (bicyclic) bond motifs is 1. The van der Waals surface area contributed by atoms with Crippen LogP contribution in [0.2, 0.25) is 0 Å². The molecule has 0 saturated heterocycles. The highest BCUT2D eigenvalue weighted by molar-refractivity contribution is 5.85. The van der Waals surface area contributed by atoms with E-state index in [0.717, 1.165) is 46.0 Å². The molecule has 4 aromatic carbocycles. The molecule has 150 valence electrons. The van der Waals surface area contributed by atoms with E-state index in [1.54, 1.807) is 0 Å². The van der Waals surface area contributed by atoms with Crippen molar-refractivity contribution in [3.05, 3.63) is 118 Å². The summed E-state index contributed by atoms with van der Waals surface area (Å²) in [7, 11) is 0. The topological polar surface area (TPSA) is 0 Å². The van der Waals surface area contributed by atoms with Crippen LogP contribution in [-0.4, -0.2) is 0 Å². The minimum Gasteiger partial charge on any atom is -0.206 e. The number of hydrogen-bond donors (Lipinski definition) is 0. The number of hydrogen-bond acceptors (Lipinski definition) is 0. The molecule has 0 heterocycles. The van der Waals surface area contributed by atoms with Crippen molar-refractivity contribution in [3.63, 3.8) is 0 Å². The number of benzene rings is 4. The van der Waals surface area contributed by atoms with Crippen molar-refractivity contribution in [1.29, 1.82) is 0 Å². The van der Waals surface area contributed by atoms with Gasteiger partial charge < -0.3 is 0 Å². The quantitative estimate of drug-likeness (QED) is 0.316. The second-order valence-corrected chi connectivity index (χ2v) is 7.67. The van der Waals surface area contributed by atoms with Crippen molar-refractivity contribution in [3.8, 4) is 23.7 Å². The monoisotopic (exact) mass is 402 g/mol. The summed E-state index contributed by atoms with van der Waals surface area (Å²) in [5.41, 5.74) is 5.76. The highest BCUT2D eigenvalue weighted by Gasteiger charge is 2.06. The van der Waals surface area contributed by atoms with E-state index in [1.165, 1.54) is 5.56 Å². The zero-order valence-corrected chi connectivity index (χ0v) is 17.8. The fourth-order valence-electron chi connectivity index (χ4n) is 3.44. The molecule has 0 bridgehead atoms. The van der Waals surface area contributed by atoms with Gasteiger partial charge in [0.2, 0.25) is 0 Å². The van der Waals surface area contributed by atoms with Crippen molar-refractivity contribution in [2.75, 3.05) is 0 Å². The molecular formula is C30H23F. The summed E-state index contributed by atoms with van der Waals surface area (Å²) in [6.45, 7) is 4.13. The normalized spacial score (nSPS) is 10.2. The Morgan fingerprint density at radius 2 is 1.16 bits per heavy atom. The van der Waals surface area contributed by atoms with Gasteiger partial charge in [0, 0.05) is 27.6 Å². The molecule has 0 aliphatic heterocycles. The summed E-state index contributed by atoms with van der Waals surface area (Å²) >= 11 is 0. The van der Waals surface area contributed by atoms with Crippen LogP contribution in [-0.2, 0) is 6.42 Å². The Kier molecular flexibility index (Phi) is 6.16. The van der Waals surface area contributed by atoms with Crippen LogP contribution >= 0.6 is 0 Å². The van der Waals surface area contributed by atoms with E-state index >= 15 is 0 Å². The average Bonchev–Trinajstić information content (AvgIpc) is 2.80. The number of halogens is 1. The fraction of sp³-hybridized carbons (Fsp3) is 0.133. The van der Waals surface area contributed by atoms with Crippen molar-refractivity contribution < 1.29 is 4.39 Å². The third-order valence-electron chi connectivity index (χ3n) is 5.19. The minimum absolute atomic E-state index is 0.110. The summed E-state index contributed by atoms with van der Waals surface area (Å²) in [6.07, 6.45) is 1.69. The Morgan fingerprint density at radius 1 is 0.645 bits per heavy atom. The molecule has 0 spiro atoms. The molecule has 0 aliphatic rings. The van der Waals surface area contributed by atoms with Gasteiger partial charge in [0.1, 0.15) is 5.82 Å². The first kappa shape index (κ1) is 20.5. The van der Waals surface area contributed by atoms with Crippen LogP contribution in [0.5, 0.6) is 0 Å². The first-order valence-electron chi connectivity index (χ1n) is 10.5. The van der Waals surface area contributed by atoms with Crippen LogP contribution in [0.4, 0.5) is 4.39 Å². The van der Waals surface area contributed by atoms with Gasteiger partial charge in [-0.25, -0.2) is 4.39 Å². The predicted octanol–water partition coefficient (Wildman–Crippen LogP) is 7.04. The average molecular weight is 403 g/mol. The van der Waals surface area contributed by atoms with Gasteiger partial charge in [0.25, 0.3) is 0 Å². The molecule has 0 N–H and O–H groups in total. The lowest BCUT2D eigenvalue weighted by molar-refractivity contribution is 0.619. The predicted molar refractivity (Wildman–Crippen MR) is 127 cm³/mol. The zero-order chi connectivity index (χ0) is 21.6. The molecule has 0 atom stereocenters. The van der Waals surface area contributed by atoms with Crippen molar-refractivity contribution >= 4 is 10.8 Å². The first-order valence-corrected chi connectivity index (χ1v) is 10.5. The Morgan fingerprint density at radius 3 is 1.74 bits per heavy atom. The van der Waals surface area contributed by atoms with Gasteiger partial charge in [-0.3, -0.25) is 0 Å². The molecule has 4 aromatic rings. The zero-order valence-electron chi connectivity index (χ0n) is 17.8. The summed E-state index contributed by atoms with van der Waals surface area (Å²) in [4.78, 5) is 0. The lowest BCUT2D eigenvalue weighted by Crippen LogP contribution is -1.91. The SMILES string of the molecule is CCCc1ccc2cc(C#Cc3ccc(C#Cc4ccc(C)cc4)cc3)ccc2c1F. The summed E-state index contributed by atoms with van der Waals surface area (Å²) in [6, 6.07) is 25.6. The second-order valence-electron chi connectivity index (χ2n) is 7.67. The smallest absolute Gasteiger partial charge is 0.134 e. The van der Waals surface area contributed by atoms with Gasteiger partial charge in [0.05, 0.1) is 0 Å². The Balaban J connectivity index is 1.51. The summed E-state index contributed by atoms with van der Waals surface area (Å²) < 4.78 is 14.6. The van der Waals surface area contributed by atoms with Crippen molar-refractivity contribution in [1.82, 2.24) is 0 Å². The number of rotatable bonds is 2. The van der Waals surface area contributed by atoms with E-state index in [4.69, 9.17) is 0 Å². The van der Waals surface area contributed by atoms with E-state index in [1.807, 2.05) is 66.7 Å². The maximum Gasteiger partial charge on any atom is 0.134 e. The molecule has 0 fully saturated rings. The second kappa shape index (κ2) is 9.34. The molecular weight excluding hydrogens is 379 g/mol. The van der Waals surface area contributed by atoms with Gasteiger partial charge in [0.15, 0.2) is 0 Å². The van der Waals surface area contributed by atoms with Crippen molar-refractivity contribution in [2.24, 2.45) is 0 Å². The molecule has 0 aliphatic carbocycles. The third-order valence-corrected chi connectivity index (χ3v) is 5.19. The Labute approximate surface area is 183 Å². The summed E-state index contributed by atoms with van der Waals surface area (Å²) in [5, 5.41) is 1.54. The van der Waals surface area contributed by atoms with Gasteiger partial charge in [-0.15, -0.1) is 0 Å². The first-order chi connectivity index (χ1) is 15.1. The van der Waals surface area contributed by atoms with Crippen LogP contribution < -0.4 is 0 Å². The minimum atomic E-state index is -0.110. The highest BCUT2D eigenvalue weighted by Crippen LogP contribution is 2.23. The van der Waals surface area contributed by atoms with Crippen LogP contribution in [0.25, 0.3) is 10.8 Å². The Hall–Kier alpha value is -3.81. The molecule has 31 heavy (non-hydrogen) atoms. The van der Waals surface area contributed by atoms with Gasteiger partial charge in [-0.05, 0) is 72.8 Å². The van der Waals surface area contributed by atoms with E-state index < -0.39 is 0 Å². The standard InChI is InChI=1S/C30H23F/c1-3-4-27-18-19-28-21-26(17-20-29(28)30(27)31)16-15-25-13-11-24(12-14-25)10-9-23-7-5-22(2)6-8-23/h5-8,11-14,17-21H,3-4H2,1-2H3. The van der Waals surface area contributed by atoms with E-state index in [9.17, 15) is 4.39 Å². The van der Waals surface area contributed by atoms with Gasteiger partial charge in [-0.1, -0.05) is 72.9 Å². The Bertz CT molecular complexity index is 1340. The molecule has 0 nitrogen and oxygen atoms in total. The molecule has 1 heteroatoms. The highest BCUT2D eigenvalue weighted by atomic mass is 19.1. The van der Waals surface area contributed by atoms with Crippen LogP contribution in [0.3, 0.4) is 0 Å². The lowest BCUT2D eigenvalue weighted by Gasteiger charge is -2.06. The van der Waals surface area contributed by atoms with Gasteiger partial charge in [-0.2, -0.15) is 0 Å². The van der Waals surface area contributed by atoms with Crippen molar-refractivity contribution in [2.45, 2.75) is 26.7 Å². The van der Waals surface area contributed by atoms with Crippen LogP contribution in [0, 0.1) is 36.4 Å². The maximum absolute atomic E-state index is 14.6. The maximum atomic E-state index is 14.6. The molecule has 0 amide bonds. The molecule has 4 rings (SSSR count). The molecule has 0 saturated carbocycles. The molecule has 0 unspecified atom stereocenters. The van der Waals surface area contributed by atoms with E-state index in [-0.39, 0.29) is 5.82 Å². The largest absolute Gasteiger partial charge is 0.206 e. The van der Waals surface area contributed by atoms with Crippen LogP contribution in [0.15, 0.2) is 78.9 Å². The fourth-order valence-corrected chi connectivity index (χ4v) is 3.44. The van der Waals surface area contributed by atoms with E-state index in [0.29, 0.717) is 5.39 Å². The lowest BCUT2D eigenvalue weighted by atomic mass is 10.0. The third kappa shape index (κ3) is 5.03. The number of aryl methyl sites for hydroxylation is 2. The molecule has 0 aromatic heterocycles. The molecule has 0 radical (unpaired) electrons. The van der Waals surface area contributed by atoms with E-state index in [2.05, 4.69) is 49.7 Å². The van der Waals surface area contributed by atoms with Crippen LogP contribution in [0.1, 0.15) is 46.7 Å². The summed E-state index contributed by atoms with van der Waals surface area (Å²) in [5.74, 6) is 12.6. The van der Waals surface area contributed by atoms with Gasteiger partial charge >= 0.3 is 0 Å².